The van der Waals surface area contributed by atoms with Gasteiger partial charge in [-0.25, -0.2) is 0 Å². The monoisotopic (exact) mass is 482 g/mol. The molecular formula is C24H32Cl2N2O4. The lowest BCUT2D eigenvalue weighted by Crippen LogP contribution is -2.47. The molecule has 0 spiro atoms. The SMILES string of the molecule is Cc1cccc(OC[C@H](O)CNC2CCN(C[C@@H](O)COc3ccc(Cl)c(Cl)c3)CC2)c1. The molecule has 0 radical (unpaired) electrons. The summed E-state index contributed by atoms with van der Waals surface area (Å²) >= 11 is 11.9. The largest absolute Gasteiger partial charge is 0.491 e. The lowest BCUT2D eigenvalue weighted by Gasteiger charge is -2.33. The molecule has 1 fully saturated rings. The second-order valence-electron chi connectivity index (χ2n) is 8.31. The summed E-state index contributed by atoms with van der Waals surface area (Å²) in [5, 5.41) is 24.9. The standard InChI is InChI=1S/C24H32Cl2N2O4/c1-17-3-2-4-21(11-17)31-15-19(29)13-27-18-7-9-28(10-8-18)14-20(30)16-32-22-5-6-23(25)24(26)12-22/h2-6,11-12,18-20,27,29-30H,7-10,13-16H2,1H3/t19-,20-/m1/s1. The van der Waals surface area contributed by atoms with Gasteiger partial charge in [-0.1, -0.05) is 35.3 Å². The lowest BCUT2D eigenvalue weighted by atomic mass is 10.0. The first-order valence-corrected chi connectivity index (χ1v) is 11.7. The van der Waals surface area contributed by atoms with Crippen molar-refractivity contribution in [2.75, 3.05) is 39.4 Å². The van der Waals surface area contributed by atoms with E-state index >= 15 is 0 Å². The number of β-amino-alcohol motifs (C(OH)–C–C–N with tert-alkyl or cyclic N) is 1. The Morgan fingerprint density at radius 3 is 2.34 bits per heavy atom. The van der Waals surface area contributed by atoms with Crippen molar-refractivity contribution in [2.45, 2.75) is 38.0 Å². The molecule has 8 heteroatoms. The minimum absolute atomic E-state index is 0.198. The van der Waals surface area contributed by atoms with Crippen LogP contribution in [0.4, 0.5) is 0 Å². The molecule has 3 N–H and O–H groups in total. The molecule has 3 rings (SSSR count). The highest BCUT2D eigenvalue weighted by Gasteiger charge is 2.21. The van der Waals surface area contributed by atoms with Crippen molar-refractivity contribution < 1.29 is 19.7 Å². The summed E-state index contributed by atoms with van der Waals surface area (Å²) in [6.07, 6.45) is 0.779. The Hall–Kier alpha value is -1.54. The Labute approximate surface area is 200 Å². The smallest absolute Gasteiger partial charge is 0.121 e. The molecule has 2 atom stereocenters. The van der Waals surface area contributed by atoms with E-state index in [4.69, 9.17) is 32.7 Å². The van der Waals surface area contributed by atoms with Gasteiger partial charge in [-0.2, -0.15) is 0 Å². The Kier molecular flexibility index (Phi) is 9.91. The average molecular weight is 483 g/mol. The van der Waals surface area contributed by atoms with E-state index in [-0.39, 0.29) is 13.2 Å². The lowest BCUT2D eigenvalue weighted by molar-refractivity contribution is 0.0556. The van der Waals surface area contributed by atoms with E-state index in [0.29, 0.717) is 34.9 Å². The predicted molar refractivity (Wildman–Crippen MR) is 128 cm³/mol. The fourth-order valence-electron chi connectivity index (χ4n) is 3.69. The molecule has 2 aromatic rings. The summed E-state index contributed by atoms with van der Waals surface area (Å²) in [6, 6.07) is 13.2. The molecule has 32 heavy (non-hydrogen) atoms. The van der Waals surface area contributed by atoms with Crippen LogP contribution in [0, 0.1) is 6.92 Å². The highest BCUT2D eigenvalue weighted by molar-refractivity contribution is 6.42. The maximum absolute atomic E-state index is 10.3. The third kappa shape index (κ3) is 8.43. The Morgan fingerprint density at radius 1 is 0.969 bits per heavy atom. The molecule has 0 aliphatic carbocycles. The number of aliphatic hydroxyl groups excluding tert-OH is 2. The predicted octanol–water partition coefficient (Wildman–Crippen LogP) is 3.54. The number of halogens is 2. The number of ether oxygens (including phenoxy) is 2. The van der Waals surface area contributed by atoms with Crippen LogP contribution in [0.2, 0.25) is 10.0 Å². The van der Waals surface area contributed by atoms with Gasteiger partial charge in [-0.15, -0.1) is 0 Å². The first-order chi connectivity index (χ1) is 15.4. The van der Waals surface area contributed by atoms with Gasteiger partial charge >= 0.3 is 0 Å². The van der Waals surface area contributed by atoms with E-state index in [9.17, 15) is 10.2 Å². The molecule has 176 valence electrons. The molecule has 0 bridgehead atoms. The van der Waals surface area contributed by atoms with Gasteiger partial charge in [0.05, 0.1) is 10.0 Å². The van der Waals surface area contributed by atoms with Crippen molar-refractivity contribution in [1.82, 2.24) is 10.2 Å². The van der Waals surface area contributed by atoms with Gasteiger partial charge in [0, 0.05) is 25.2 Å². The number of hydrogen-bond acceptors (Lipinski definition) is 6. The van der Waals surface area contributed by atoms with Crippen molar-refractivity contribution in [3.8, 4) is 11.5 Å². The van der Waals surface area contributed by atoms with Gasteiger partial charge in [0.1, 0.15) is 36.9 Å². The summed E-state index contributed by atoms with van der Waals surface area (Å²) in [4.78, 5) is 2.23. The van der Waals surface area contributed by atoms with E-state index < -0.39 is 12.2 Å². The second-order valence-corrected chi connectivity index (χ2v) is 9.12. The minimum atomic E-state index is -0.588. The molecule has 1 saturated heterocycles. The highest BCUT2D eigenvalue weighted by atomic mass is 35.5. The van der Waals surface area contributed by atoms with Crippen molar-refractivity contribution >= 4 is 23.2 Å². The maximum atomic E-state index is 10.3. The Balaban J connectivity index is 1.28. The topological polar surface area (TPSA) is 74.2 Å². The first-order valence-electron chi connectivity index (χ1n) is 11.0. The zero-order chi connectivity index (χ0) is 22.9. The molecule has 0 unspecified atom stereocenters. The van der Waals surface area contributed by atoms with E-state index in [0.717, 1.165) is 37.2 Å². The normalized spacial score (nSPS) is 17.2. The molecule has 1 aliphatic rings. The number of aliphatic hydroxyl groups is 2. The van der Waals surface area contributed by atoms with Crippen LogP contribution in [0.5, 0.6) is 11.5 Å². The molecule has 0 saturated carbocycles. The highest BCUT2D eigenvalue weighted by Crippen LogP contribution is 2.26. The fourth-order valence-corrected chi connectivity index (χ4v) is 3.98. The Bertz CT molecular complexity index is 846. The Morgan fingerprint density at radius 2 is 1.66 bits per heavy atom. The zero-order valence-corrected chi connectivity index (χ0v) is 19.9. The van der Waals surface area contributed by atoms with Gasteiger partial charge in [0.25, 0.3) is 0 Å². The van der Waals surface area contributed by atoms with Crippen molar-refractivity contribution in [3.05, 3.63) is 58.1 Å². The number of nitrogens with zero attached hydrogens (tertiary/aromatic N) is 1. The number of rotatable bonds is 11. The third-order valence-corrected chi connectivity index (χ3v) is 6.20. The number of benzene rings is 2. The summed E-state index contributed by atoms with van der Waals surface area (Å²) < 4.78 is 11.3. The average Bonchev–Trinajstić information content (AvgIpc) is 2.78. The zero-order valence-electron chi connectivity index (χ0n) is 18.3. The van der Waals surface area contributed by atoms with Gasteiger partial charge in [0.15, 0.2) is 0 Å². The van der Waals surface area contributed by atoms with E-state index in [1.54, 1.807) is 18.2 Å². The van der Waals surface area contributed by atoms with Gasteiger partial charge < -0.3 is 29.9 Å². The summed E-state index contributed by atoms with van der Waals surface area (Å²) in [5.74, 6) is 1.37. The van der Waals surface area contributed by atoms with Crippen LogP contribution in [0.1, 0.15) is 18.4 Å². The van der Waals surface area contributed by atoms with Crippen molar-refractivity contribution in [3.63, 3.8) is 0 Å². The summed E-state index contributed by atoms with van der Waals surface area (Å²) in [6.45, 7) is 5.30. The molecule has 0 aromatic heterocycles. The second kappa shape index (κ2) is 12.6. The maximum Gasteiger partial charge on any atom is 0.121 e. The number of hydrogen-bond donors (Lipinski definition) is 3. The summed E-state index contributed by atoms with van der Waals surface area (Å²) in [7, 11) is 0. The van der Waals surface area contributed by atoms with Crippen LogP contribution < -0.4 is 14.8 Å². The first kappa shape index (κ1) is 25.1. The van der Waals surface area contributed by atoms with Gasteiger partial charge in [0.2, 0.25) is 0 Å². The molecule has 1 heterocycles. The van der Waals surface area contributed by atoms with Crippen LogP contribution in [-0.4, -0.2) is 72.8 Å². The summed E-state index contributed by atoms with van der Waals surface area (Å²) in [5.41, 5.74) is 1.13. The third-order valence-electron chi connectivity index (χ3n) is 5.46. The molecular weight excluding hydrogens is 451 g/mol. The minimum Gasteiger partial charge on any atom is -0.491 e. The van der Waals surface area contributed by atoms with E-state index in [1.807, 2.05) is 31.2 Å². The van der Waals surface area contributed by atoms with Gasteiger partial charge in [-0.05, 0) is 62.7 Å². The number of aryl methyl sites for hydroxylation is 1. The number of nitrogens with one attached hydrogen (secondary N) is 1. The molecule has 6 nitrogen and oxygen atoms in total. The fraction of sp³-hybridized carbons (Fsp3) is 0.500. The van der Waals surface area contributed by atoms with Crippen molar-refractivity contribution in [2.24, 2.45) is 0 Å². The molecule has 2 aromatic carbocycles. The van der Waals surface area contributed by atoms with Crippen molar-refractivity contribution in [1.29, 1.82) is 0 Å². The van der Waals surface area contributed by atoms with E-state index in [1.165, 1.54) is 0 Å². The van der Waals surface area contributed by atoms with Crippen LogP contribution in [0.3, 0.4) is 0 Å². The van der Waals surface area contributed by atoms with Crippen LogP contribution in [0.15, 0.2) is 42.5 Å². The quantitative estimate of drug-likeness (QED) is 0.454. The van der Waals surface area contributed by atoms with Crippen LogP contribution >= 0.6 is 23.2 Å². The van der Waals surface area contributed by atoms with Gasteiger partial charge in [-0.3, -0.25) is 0 Å². The molecule has 1 aliphatic heterocycles. The van der Waals surface area contributed by atoms with E-state index in [2.05, 4.69) is 10.2 Å². The number of likely N-dealkylation sites (tertiary alicyclic amines) is 1. The van der Waals surface area contributed by atoms with Crippen LogP contribution in [-0.2, 0) is 0 Å². The van der Waals surface area contributed by atoms with Crippen LogP contribution in [0.25, 0.3) is 0 Å². The number of piperidine rings is 1. The molecule has 0 amide bonds.